The fraction of sp³-hybridized carbons (Fsp3) is 0.550. The van der Waals surface area contributed by atoms with E-state index in [1.807, 2.05) is 6.07 Å². The lowest BCUT2D eigenvalue weighted by Crippen LogP contribution is -2.47. The molecule has 0 unspecified atom stereocenters. The molecule has 3 aliphatic heterocycles. The molecule has 0 radical (unpaired) electrons. The van der Waals surface area contributed by atoms with Crippen LogP contribution in [0.2, 0.25) is 0 Å². The number of hydrogen-bond acceptors (Lipinski definition) is 9. The molecule has 2 saturated heterocycles. The lowest BCUT2D eigenvalue weighted by Gasteiger charge is -2.35. The summed E-state index contributed by atoms with van der Waals surface area (Å²) < 4.78 is 10.9. The Labute approximate surface area is 170 Å². The van der Waals surface area contributed by atoms with Gasteiger partial charge in [-0.2, -0.15) is 10.1 Å². The molecule has 1 aromatic heterocycles. The SMILES string of the molecule is CN1CCN(c2cnnc(N3CCN(Cc4ccc5c(c4)OCO5)CC3)n2)CC1. The highest BCUT2D eigenvalue weighted by atomic mass is 16.7. The van der Waals surface area contributed by atoms with Gasteiger partial charge in [0.2, 0.25) is 12.7 Å². The highest BCUT2D eigenvalue weighted by Gasteiger charge is 2.22. The predicted octanol–water partition coefficient (Wildman–Crippen LogP) is 0.674. The van der Waals surface area contributed by atoms with Crippen LogP contribution in [0.25, 0.3) is 0 Å². The molecule has 0 N–H and O–H groups in total. The van der Waals surface area contributed by atoms with Gasteiger partial charge in [0.15, 0.2) is 17.3 Å². The normalized spacial score (nSPS) is 20.3. The maximum absolute atomic E-state index is 5.49. The minimum Gasteiger partial charge on any atom is -0.454 e. The van der Waals surface area contributed by atoms with E-state index >= 15 is 0 Å². The zero-order valence-corrected chi connectivity index (χ0v) is 16.8. The van der Waals surface area contributed by atoms with Gasteiger partial charge in [-0.15, -0.1) is 5.10 Å². The maximum Gasteiger partial charge on any atom is 0.247 e. The predicted molar refractivity (Wildman–Crippen MR) is 110 cm³/mol. The van der Waals surface area contributed by atoms with Gasteiger partial charge in [0, 0.05) is 58.9 Å². The topological polar surface area (TPSA) is 70.1 Å². The zero-order chi connectivity index (χ0) is 19.6. The highest BCUT2D eigenvalue weighted by molar-refractivity contribution is 5.45. The number of hydrogen-bond donors (Lipinski definition) is 0. The maximum atomic E-state index is 5.49. The monoisotopic (exact) mass is 397 g/mol. The van der Waals surface area contributed by atoms with E-state index < -0.39 is 0 Å². The number of anilines is 2. The second kappa shape index (κ2) is 8.00. The molecule has 154 valence electrons. The van der Waals surface area contributed by atoms with Crippen LogP contribution in [-0.2, 0) is 6.54 Å². The average molecular weight is 397 g/mol. The van der Waals surface area contributed by atoms with E-state index in [0.29, 0.717) is 6.79 Å². The Morgan fingerprint density at radius 2 is 1.66 bits per heavy atom. The lowest BCUT2D eigenvalue weighted by molar-refractivity contribution is 0.174. The summed E-state index contributed by atoms with van der Waals surface area (Å²) in [6, 6.07) is 6.20. The molecule has 5 rings (SSSR count). The van der Waals surface area contributed by atoms with Gasteiger partial charge in [0.1, 0.15) is 0 Å². The van der Waals surface area contributed by atoms with Crippen molar-refractivity contribution in [3.63, 3.8) is 0 Å². The first-order chi connectivity index (χ1) is 14.2. The van der Waals surface area contributed by atoms with Crippen LogP contribution < -0.4 is 19.3 Å². The van der Waals surface area contributed by atoms with Crippen molar-refractivity contribution < 1.29 is 9.47 Å². The molecule has 29 heavy (non-hydrogen) atoms. The zero-order valence-electron chi connectivity index (χ0n) is 16.8. The number of aromatic nitrogens is 3. The number of nitrogens with zero attached hydrogens (tertiary/aromatic N) is 7. The fourth-order valence-corrected chi connectivity index (χ4v) is 4.01. The molecular formula is C20H27N7O2. The van der Waals surface area contributed by atoms with Crippen molar-refractivity contribution in [3.8, 4) is 11.5 Å². The molecule has 2 aromatic rings. The van der Waals surface area contributed by atoms with Crippen LogP contribution in [0.3, 0.4) is 0 Å². The molecule has 1 aromatic carbocycles. The van der Waals surface area contributed by atoms with E-state index in [1.165, 1.54) is 5.56 Å². The molecule has 0 saturated carbocycles. The number of fused-ring (bicyclic) bond motifs is 1. The molecule has 0 amide bonds. The molecule has 0 spiro atoms. The number of piperazine rings is 2. The molecular weight excluding hydrogens is 370 g/mol. The van der Waals surface area contributed by atoms with E-state index in [0.717, 1.165) is 82.2 Å². The quantitative estimate of drug-likeness (QED) is 0.740. The van der Waals surface area contributed by atoms with Gasteiger partial charge in [-0.25, -0.2) is 0 Å². The van der Waals surface area contributed by atoms with Gasteiger partial charge in [-0.05, 0) is 24.7 Å². The summed E-state index contributed by atoms with van der Waals surface area (Å²) in [7, 11) is 2.16. The van der Waals surface area contributed by atoms with Crippen LogP contribution in [-0.4, -0.2) is 91.2 Å². The molecule has 2 fully saturated rings. The Kier molecular flexibility index (Phi) is 5.07. The van der Waals surface area contributed by atoms with E-state index in [2.05, 4.69) is 49.0 Å². The first-order valence-electron chi connectivity index (χ1n) is 10.2. The second-order valence-electron chi connectivity index (χ2n) is 7.86. The summed E-state index contributed by atoms with van der Waals surface area (Å²) in [6.45, 7) is 9.04. The van der Waals surface area contributed by atoms with Crippen molar-refractivity contribution in [2.45, 2.75) is 6.54 Å². The number of benzene rings is 1. The van der Waals surface area contributed by atoms with Crippen LogP contribution in [0.15, 0.2) is 24.4 Å². The summed E-state index contributed by atoms with van der Waals surface area (Å²) in [5.74, 6) is 3.36. The van der Waals surface area contributed by atoms with Gasteiger partial charge in [0.25, 0.3) is 0 Å². The lowest BCUT2D eigenvalue weighted by atomic mass is 10.1. The minimum atomic E-state index is 0.318. The largest absolute Gasteiger partial charge is 0.454 e. The van der Waals surface area contributed by atoms with Crippen LogP contribution in [0.1, 0.15) is 5.56 Å². The first-order valence-corrected chi connectivity index (χ1v) is 10.2. The molecule has 9 nitrogen and oxygen atoms in total. The van der Waals surface area contributed by atoms with Crippen LogP contribution in [0, 0.1) is 0 Å². The second-order valence-corrected chi connectivity index (χ2v) is 7.86. The summed E-state index contributed by atoms with van der Waals surface area (Å²) in [5, 5.41) is 8.53. The van der Waals surface area contributed by atoms with Gasteiger partial charge in [-0.3, -0.25) is 4.90 Å². The Bertz CT molecular complexity index is 848. The smallest absolute Gasteiger partial charge is 0.247 e. The fourth-order valence-electron chi connectivity index (χ4n) is 4.01. The molecule has 3 aliphatic rings. The van der Waals surface area contributed by atoms with Crippen molar-refractivity contribution in [2.24, 2.45) is 0 Å². The molecule has 0 bridgehead atoms. The molecule has 0 atom stereocenters. The van der Waals surface area contributed by atoms with Crippen molar-refractivity contribution in [1.29, 1.82) is 0 Å². The molecule has 0 aliphatic carbocycles. The summed E-state index contributed by atoms with van der Waals surface area (Å²) >= 11 is 0. The van der Waals surface area contributed by atoms with Gasteiger partial charge in [-0.1, -0.05) is 6.07 Å². The number of ether oxygens (including phenoxy) is 2. The summed E-state index contributed by atoms with van der Waals surface area (Å²) in [6.07, 6.45) is 1.78. The van der Waals surface area contributed by atoms with Crippen LogP contribution in [0.5, 0.6) is 11.5 Å². The van der Waals surface area contributed by atoms with Gasteiger partial charge >= 0.3 is 0 Å². The summed E-state index contributed by atoms with van der Waals surface area (Å²) in [4.78, 5) is 14.1. The minimum absolute atomic E-state index is 0.318. The van der Waals surface area contributed by atoms with E-state index in [-0.39, 0.29) is 0 Å². The van der Waals surface area contributed by atoms with Gasteiger partial charge in [0.05, 0.1) is 6.20 Å². The first kappa shape index (κ1) is 18.4. The standard InChI is InChI=1S/C20H27N7O2/c1-24-4-8-26(9-5-24)19-13-21-23-20(22-19)27-10-6-25(7-11-27)14-16-2-3-17-18(12-16)29-15-28-17/h2-3,12-13H,4-11,14-15H2,1H3. The highest BCUT2D eigenvalue weighted by Crippen LogP contribution is 2.32. The van der Waals surface area contributed by atoms with Crippen molar-refractivity contribution in [1.82, 2.24) is 25.0 Å². The average Bonchev–Trinajstić information content (AvgIpc) is 3.23. The number of rotatable bonds is 4. The third-order valence-electron chi connectivity index (χ3n) is 5.86. The third-order valence-corrected chi connectivity index (χ3v) is 5.86. The van der Waals surface area contributed by atoms with Gasteiger partial charge < -0.3 is 24.2 Å². The van der Waals surface area contributed by atoms with Crippen LogP contribution in [0.4, 0.5) is 11.8 Å². The van der Waals surface area contributed by atoms with E-state index in [4.69, 9.17) is 14.5 Å². The third kappa shape index (κ3) is 4.06. The van der Waals surface area contributed by atoms with E-state index in [9.17, 15) is 0 Å². The Balaban J connectivity index is 1.18. The van der Waals surface area contributed by atoms with Crippen LogP contribution >= 0.6 is 0 Å². The molecule has 9 heteroatoms. The Morgan fingerprint density at radius 3 is 2.48 bits per heavy atom. The number of likely N-dealkylation sites (N-methyl/N-ethyl adjacent to an activating group) is 1. The Hall–Kier alpha value is -2.65. The van der Waals surface area contributed by atoms with E-state index in [1.54, 1.807) is 6.20 Å². The summed E-state index contributed by atoms with van der Waals surface area (Å²) in [5.41, 5.74) is 1.25. The van der Waals surface area contributed by atoms with Crippen molar-refractivity contribution in [2.75, 3.05) is 76.0 Å². The Morgan fingerprint density at radius 1 is 0.897 bits per heavy atom. The molecule has 4 heterocycles. The van der Waals surface area contributed by atoms with Crippen molar-refractivity contribution >= 4 is 11.8 Å². The van der Waals surface area contributed by atoms with Crippen molar-refractivity contribution in [3.05, 3.63) is 30.0 Å².